The molecule has 1 fully saturated rings. The van der Waals surface area contributed by atoms with Crippen LogP contribution in [-0.2, 0) is 6.42 Å². The number of aromatic nitrogens is 2. The van der Waals surface area contributed by atoms with Gasteiger partial charge in [-0.15, -0.1) is 11.6 Å². The first-order chi connectivity index (χ1) is 8.69. The predicted octanol–water partition coefficient (Wildman–Crippen LogP) is 3.93. The molecule has 0 bridgehead atoms. The molecule has 18 heavy (non-hydrogen) atoms. The van der Waals surface area contributed by atoms with Crippen LogP contribution in [0.1, 0.15) is 31.6 Å². The standard InChI is InChI=1S/C14H16ClFN2/c1-9-6-11(7-9)18-13-8-10(16)2-3-12(13)17-14(18)4-5-15/h2-3,8-9,11H,4-7H2,1H3. The number of hydrogen-bond donors (Lipinski definition) is 0. The van der Waals surface area contributed by atoms with Crippen molar-refractivity contribution < 1.29 is 4.39 Å². The summed E-state index contributed by atoms with van der Waals surface area (Å²) in [6, 6.07) is 5.27. The van der Waals surface area contributed by atoms with Gasteiger partial charge in [0, 0.05) is 18.3 Å². The average Bonchev–Trinajstić information content (AvgIpc) is 2.63. The summed E-state index contributed by atoms with van der Waals surface area (Å²) in [6.07, 6.45) is 3.04. The van der Waals surface area contributed by atoms with E-state index in [0.29, 0.717) is 11.9 Å². The third-order valence-electron chi connectivity index (χ3n) is 3.76. The Morgan fingerprint density at radius 2 is 2.22 bits per heavy atom. The summed E-state index contributed by atoms with van der Waals surface area (Å²) < 4.78 is 15.6. The number of nitrogens with zero attached hydrogens (tertiary/aromatic N) is 2. The van der Waals surface area contributed by atoms with E-state index in [0.717, 1.165) is 42.0 Å². The number of imidazole rings is 1. The van der Waals surface area contributed by atoms with E-state index in [2.05, 4.69) is 16.5 Å². The Morgan fingerprint density at radius 3 is 2.89 bits per heavy atom. The molecule has 96 valence electrons. The molecule has 4 heteroatoms. The van der Waals surface area contributed by atoms with Crippen LogP contribution in [0.5, 0.6) is 0 Å². The summed E-state index contributed by atoms with van der Waals surface area (Å²) >= 11 is 5.83. The number of benzene rings is 1. The summed E-state index contributed by atoms with van der Waals surface area (Å²) in [7, 11) is 0. The summed E-state index contributed by atoms with van der Waals surface area (Å²) in [6.45, 7) is 2.25. The minimum atomic E-state index is -0.201. The van der Waals surface area contributed by atoms with Gasteiger partial charge in [0.1, 0.15) is 11.6 Å². The number of hydrogen-bond acceptors (Lipinski definition) is 1. The summed E-state index contributed by atoms with van der Waals surface area (Å²) in [4.78, 5) is 4.58. The Balaban J connectivity index is 2.11. The van der Waals surface area contributed by atoms with E-state index in [1.54, 1.807) is 12.1 Å². The molecule has 1 aromatic carbocycles. The third kappa shape index (κ3) is 1.91. The molecule has 1 aliphatic rings. The monoisotopic (exact) mass is 266 g/mol. The zero-order valence-corrected chi connectivity index (χ0v) is 11.1. The topological polar surface area (TPSA) is 17.8 Å². The van der Waals surface area contributed by atoms with E-state index in [1.165, 1.54) is 6.07 Å². The van der Waals surface area contributed by atoms with Crippen molar-refractivity contribution in [2.45, 2.75) is 32.2 Å². The summed E-state index contributed by atoms with van der Waals surface area (Å²) in [5.74, 6) is 2.09. The van der Waals surface area contributed by atoms with Gasteiger partial charge in [0.2, 0.25) is 0 Å². The molecule has 0 amide bonds. The average molecular weight is 267 g/mol. The first kappa shape index (κ1) is 12.0. The maximum atomic E-state index is 13.4. The van der Waals surface area contributed by atoms with Crippen molar-refractivity contribution in [3.05, 3.63) is 29.8 Å². The molecular weight excluding hydrogens is 251 g/mol. The van der Waals surface area contributed by atoms with Crippen LogP contribution in [0.15, 0.2) is 18.2 Å². The van der Waals surface area contributed by atoms with E-state index >= 15 is 0 Å². The second-order valence-electron chi connectivity index (χ2n) is 5.20. The molecule has 1 heterocycles. The second-order valence-corrected chi connectivity index (χ2v) is 5.58. The van der Waals surface area contributed by atoms with E-state index < -0.39 is 0 Å². The van der Waals surface area contributed by atoms with E-state index in [1.807, 2.05) is 0 Å². The minimum Gasteiger partial charge on any atom is -0.325 e. The quantitative estimate of drug-likeness (QED) is 0.770. The molecular formula is C14H16ClFN2. The second kappa shape index (κ2) is 4.54. The lowest BCUT2D eigenvalue weighted by Gasteiger charge is -2.35. The highest BCUT2D eigenvalue weighted by Crippen LogP contribution is 2.40. The first-order valence-corrected chi connectivity index (χ1v) is 6.95. The van der Waals surface area contributed by atoms with Gasteiger partial charge in [-0.25, -0.2) is 9.37 Å². The maximum absolute atomic E-state index is 13.4. The van der Waals surface area contributed by atoms with Gasteiger partial charge in [0.25, 0.3) is 0 Å². The van der Waals surface area contributed by atoms with Gasteiger partial charge in [0.15, 0.2) is 0 Å². The Labute approximate surface area is 111 Å². The number of rotatable bonds is 3. The maximum Gasteiger partial charge on any atom is 0.125 e. The molecule has 0 spiro atoms. The van der Waals surface area contributed by atoms with Gasteiger partial charge in [-0.3, -0.25) is 0 Å². The highest BCUT2D eigenvalue weighted by Gasteiger charge is 2.29. The van der Waals surface area contributed by atoms with Gasteiger partial charge < -0.3 is 4.57 Å². The van der Waals surface area contributed by atoms with Crippen LogP contribution in [0, 0.1) is 11.7 Å². The zero-order chi connectivity index (χ0) is 12.7. The van der Waals surface area contributed by atoms with Crippen LogP contribution < -0.4 is 0 Å². The van der Waals surface area contributed by atoms with Gasteiger partial charge in [-0.05, 0) is 37.0 Å². The van der Waals surface area contributed by atoms with Crippen molar-refractivity contribution in [1.82, 2.24) is 9.55 Å². The van der Waals surface area contributed by atoms with Crippen LogP contribution in [-0.4, -0.2) is 15.4 Å². The van der Waals surface area contributed by atoms with Gasteiger partial charge in [0.05, 0.1) is 11.0 Å². The SMILES string of the molecule is CC1CC(n2c(CCCl)nc3ccc(F)cc32)C1. The van der Waals surface area contributed by atoms with Gasteiger partial charge in [-0.1, -0.05) is 6.92 Å². The van der Waals surface area contributed by atoms with Crippen LogP contribution in [0.25, 0.3) is 11.0 Å². The lowest BCUT2D eigenvalue weighted by molar-refractivity contribution is 0.217. The van der Waals surface area contributed by atoms with Crippen LogP contribution in [0.3, 0.4) is 0 Å². The molecule has 0 atom stereocenters. The lowest BCUT2D eigenvalue weighted by atomic mass is 9.81. The van der Waals surface area contributed by atoms with Crippen molar-refractivity contribution in [2.75, 3.05) is 5.88 Å². The Kier molecular flexibility index (Phi) is 3.02. The number of fused-ring (bicyclic) bond motifs is 1. The van der Waals surface area contributed by atoms with Crippen molar-refractivity contribution in [3.8, 4) is 0 Å². The van der Waals surface area contributed by atoms with E-state index in [4.69, 9.17) is 11.6 Å². The molecule has 0 aliphatic heterocycles. The van der Waals surface area contributed by atoms with E-state index in [9.17, 15) is 4.39 Å². The molecule has 1 aliphatic carbocycles. The molecule has 3 rings (SSSR count). The molecule has 2 nitrogen and oxygen atoms in total. The normalized spacial score (nSPS) is 23.3. The minimum absolute atomic E-state index is 0.201. The van der Waals surface area contributed by atoms with Crippen LogP contribution in [0.2, 0.25) is 0 Å². The summed E-state index contributed by atoms with van der Waals surface area (Å²) in [5, 5.41) is 0. The molecule has 0 unspecified atom stereocenters. The van der Waals surface area contributed by atoms with Crippen molar-refractivity contribution in [2.24, 2.45) is 5.92 Å². The third-order valence-corrected chi connectivity index (χ3v) is 3.95. The first-order valence-electron chi connectivity index (χ1n) is 6.41. The Bertz CT molecular complexity index is 572. The smallest absolute Gasteiger partial charge is 0.125 e. The molecule has 0 radical (unpaired) electrons. The number of halogens is 2. The molecule has 0 N–H and O–H groups in total. The van der Waals surface area contributed by atoms with Crippen molar-refractivity contribution >= 4 is 22.6 Å². The fourth-order valence-electron chi connectivity index (χ4n) is 2.86. The number of aryl methyl sites for hydroxylation is 1. The number of alkyl halides is 1. The Morgan fingerprint density at radius 1 is 1.44 bits per heavy atom. The lowest BCUT2D eigenvalue weighted by Crippen LogP contribution is -2.26. The Hall–Kier alpha value is -1.09. The fourth-order valence-corrected chi connectivity index (χ4v) is 3.02. The molecule has 0 saturated heterocycles. The van der Waals surface area contributed by atoms with Crippen LogP contribution in [0.4, 0.5) is 4.39 Å². The predicted molar refractivity (Wildman–Crippen MR) is 71.6 cm³/mol. The zero-order valence-electron chi connectivity index (χ0n) is 10.4. The molecule has 1 saturated carbocycles. The molecule has 2 aromatic rings. The van der Waals surface area contributed by atoms with Crippen molar-refractivity contribution in [3.63, 3.8) is 0 Å². The van der Waals surface area contributed by atoms with Gasteiger partial charge >= 0.3 is 0 Å². The fraction of sp³-hybridized carbons (Fsp3) is 0.500. The highest BCUT2D eigenvalue weighted by atomic mass is 35.5. The highest BCUT2D eigenvalue weighted by molar-refractivity contribution is 6.17. The summed E-state index contributed by atoms with van der Waals surface area (Å²) in [5.41, 5.74) is 1.78. The van der Waals surface area contributed by atoms with Gasteiger partial charge in [-0.2, -0.15) is 0 Å². The van der Waals surface area contributed by atoms with Crippen molar-refractivity contribution in [1.29, 1.82) is 0 Å². The molecule has 1 aromatic heterocycles. The van der Waals surface area contributed by atoms with E-state index in [-0.39, 0.29) is 5.82 Å². The van der Waals surface area contributed by atoms with Crippen LogP contribution >= 0.6 is 11.6 Å². The largest absolute Gasteiger partial charge is 0.325 e.